The van der Waals surface area contributed by atoms with Crippen molar-refractivity contribution in [2.24, 2.45) is 0 Å². The van der Waals surface area contributed by atoms with Crippen LogP contribution in [0.1, 0.15) is 0 Å². The number of hydrogen-bond acceptors (Lipinski definition) is 6. The van der Waals surface area contributed by atoms with Crippen LogP contribution in [0.5, 0.6) is 11.6 Å². The van der Waals surface area contributed by atoms with Gasteiger partial charge in [0.2, 0.25) is 5.88 Å². The van der Waals surface area contributed by atoms with E-state index in [0.717, 1.165) is 4.34 Å². The largest absolute Gasteiger partial charge is 0.434 e. The molecular weight excluding hydrogens is 321 g/mol. The molecule has 0 N–H and O–H groups in total. The van der Waals surface area contributed by atoms with Crippen LogP contribution in [0, 0.1) is 5.82 Å². The van der Waals surface area contributed by atoms with E-state index in [2.05, 4.69) is 15.0 Å². The van der Waals surface area contributed by atoms with Gasteiger partial charge < -0.3 is 4.74 Å². The Hall–Kier alpha value is -1.44. The van der Waals surface area contributed by atoms with Crippen LogP contribution in [-0.2, 0) is 0 Å². The maximum absolute atomic E-state index is 13.7. The summed E-state index contributed by atoms with van der Waals surface area (Å²) >= 11 is 8.62. The van der Waals surface area contributed by atoms with Crippen molar-refractivity contribution in [3.8, 4) is 11.6 Å². The number of rotatable bonds is 3. The van der Waals surface area contributed by atoms with Gasteiger partial charge in [0.25, 0.3) is 0 Å². The monoisotopic (exact) mass is 327 g/mol. The standard InChI is InChI=1S/C12H7ClFN3OS2/c1-19-12-17-10-9(20-12)11(16-5-15-10)18-8-3-2-6(13)4-7(8)14/h2-5H,1H3. The van der Waals surface area contributed by atoms with Gasteiger partial charge in [0, 0.05) is 5.02 Å². The van der Waals surface area contributed by atoms with Crippen LogP contribution in [0.15, 0.2) is 28.9 Å². The Morgan fingerprint density at radius 1 is 1.35 bits per heavy atom. The summed E-state index contributed by atoms with van der Waals surface area (Å²) in [7, 11) is 0. The third-order valence-electron chi connectivity index (χ3n) is 2.41. The molecule has 0 aliphatic rings. The summed E-state index contributed by atoms with van der Waals surface area (Å²) < 4.78 is 20.8. The van der Waals surface area contributed by atoms with E-state index in [0.29, 0.717) is 15.4 Å². The lowest BCUT2D eigenvalue weighted by atomic mass is 10.3. The van der Waals surface area contributed by atoms with Gasteiger partial charge in [-0.3, -0.25) is 0 Å². The average Bonchev–Trinajstić information content (AvgIpc) is 2.86. The van der Waals surface area contributed by atoms with Crippen molar-refractivity contribution in [1.82, 2.24) is 15.0 Å². The molecule has 0 spiro atoms. The van der Waals surface area contributed by atoms with Crippen molar-refractivity contribution in [3.63, 3.8) is 0 Å². The molecule has 8 heteroatoms. The molecule has 2 heterocycles. The fourth-order valence-electron chi connectivity index (χ4n) is 1.54. The lowest BCUT2D eigenvalue weighted by Gasteiger charge is -2.05. The first-order chi connectivity index (χ1) is 9.67. The Labute approximate surface area is 127 Å². The van der Waals surface area contributed by atoms with E-state index in [1.165, 1.54) is 41.6 Å². The predicted octanol–water partition coefficient (Wildman–Crippen LogP) is 4.39. The number of hydrogen-bond donors (Lipinski definition) is 0. The number of benzene rings is 1. The van der Waals surface area contributed by atoms with Gasteiger partial charge in [0.05, 0.1) is 0 Å². The molecule has 0 saturated carbocycles. The Balaban J connectivity index is 2.03. The quantitative estimate of drug-likeness (QED) is 0.667. The van der Waals surface area contributed by atoms with Gasteiger partial charge >= 0.3 is 0 Å². The Morgan fingerprint density at radius 2 is 2.20 bits per heavy atom. The van der Waals surface area contributed by atoms with E-state index in [9.17, 15) is 4.39 Å². The zero-order valence-corrected chi connectivity index (χ0v) is 12.5. The van der Waals surface area contributed by atoms with Crippen LogP contribution in [0.3, 0.4) is 0 Å². The van der Waals surface area contributed by atoms with E-state index in [1.807, 2.05) is 6.26 Å². The lowest BCUT2D eigenvalue weighted by Crippen LogP contribution is -1.92. The van der Waals surface area contributed by atoms with Crippen LogP contribution in [0.2, 0.25) is 5.02 Å². The summed E-state index contributed by atoms with van der Waals surface area (Å²) in [5.74, 6) is -0.193. The number of aromatic nitrogens is 3. The first-order valence-electron chi connectivity index (χ1n) is 5.46. The highest BCUT2D eigenvalue weighted by molar-refractivity contribution is 8.00. The molecule has 4 nitrogen and oxygen atoms in total. The Morgan fingerprint density at radius 3 is 2.95 bits per heavy atom. The van der Waals surface area contributed by atoms with Crippen molar-refractivity contribution in [2.75, 3.05) is 6.26 Å². The number of halogens is 2. The van der Waals surface area contributed by atoms with Gasteiger partial charge in [-0.1, -0.05) is 23.4 Å². The third-order valence-corrected chi connectivity index (χ3v) is 4.67. The predicted molar refractivity (Wildman–Crippen MR) is 78.5 cm³/mol. The van der Waals surface area contributed by atoms with Crippen molar-refractivity contribution < 1.29 is 9.13 Å². The van der Waals surface area contributed by atoms with Gasteiger partial charge in [-0.05, 0) is 24.5 Å². The molecule has 102 valence electrons. The Bertz CT molecular complexity index is 780. The van der Waals surface area contributed by atoms with E-state index in [4.69, 9.17) is 16.3 Å². The second-order valence-corrected chi connectivity index (χ2v) is 6.18. The molecule has 0 unspecified atom stereocenters. The first-order valence-corrected chi connectivity index (χ1v) is 7.87. The SMILES string of the molecule is CSc1nc2ncnc(Oc3ccc(Cl)cc3F)c2s1. The van der Waals surface area contributed by atoms with Gasteiger partial charge in [0.1, 0.15) is 11.0 Å². The van der Waals surface area contributed by atoms with Gasteiger partial charge in [-0.25, -0.2) is 19.3 Å². The maximum atomic E-state index is 13.7. The van der Waals surface area contributed by atoms with Crippen LogP contribution < -0.4 is 4.74 Å². The number of fused-ring (bicyclic) bond motifs is 1. The average molecular weight is 328 g/mol. The molecule has 3 rings (SSSR count). The van der Waals surface area contributed by atoms with E-state index in [-0.39, 0.29) is 11.6 Å². The summed E-state index contributed by atoms with van der Waals surface area (Å²) in [6.07, 6.45) is 3.26. The zero-order valence-electron chi connectivity index (χ0n) is 10.1. The van der Waals surface area contributed by atoms with Crippen molar-refractivity contribution in [3.05, 3.63) is 35.4 Å². The summed E-state index contributed by atoms with van der Waals surface area (Å²) in [6, 6.07) is 4.20. The molecule has 3 aromatic rings. The first kappa shape index (κ1) is 13.5. The van der Waals surface area contributed by atoms with Crippen molar-refractivity contribution >= 4 is 45.0 Å². The van der Waals surface area contributed by atoms with Gasteiger partial charge in [-0.15, -0.1) is 11.3 Å². The molecule has 0 atom stereocenters. The lowest BCUT2D eigenvalue weighted by molar-refractivity contribution is 0.432. The highest BCUT2D eigenvalue weighted by Gasteiger charge is 2.14. The highest BCUT2D eigenvalue weighted by Crippen LogP contribution is 2.35. The van der Waals surface area contributed by atoms with Crippen LogP contribution in [-0.4, -0.2) is 21.2 Å². The summed E-state index contributed by atoms with van der Waals surface area (Å²) in [5, 5.41) is 0.310. The molecule has 0 bridgehead atoms. The van der Waals surface area contributed by atoms with Crippen LogP contribution in [0.25, 0.3) is 10.3 Å². The Kier molecular flexibility index (Phi) is 3.73. The van der Waals surface area contributed by atoms with E-state index >= 15 is 0 Å². The molecule has 0 fully saturated rings. The molecule has 2 aromatic heterocycles. The maximum Gasteiger partial charge on any atom is 0.242 e. The van der Waals surface area contributed by atoms with Crippen LogP contribution in [0.4, 0.5) is 4.39 Å². The molecular formula is C12H7ClFN3OS2. The van der Waals surface area contributed by atoms with Gasteiger partial charge in [0.15, 0.2) is 21.6 Å². The number of nitrogens with zero attached hydrogens (tertiary/aromatic N) is 3. The van der Waals surface area contributed by atoms with Crippen LogP contribution >= 0.6 is 34.7 Å². The normalized spacial score (nSPS) is 10.9. The number of ether oxygens (including phenoxy) is 1. The fourth-order valence-corrected chi connectivity index (χ4v) is 3.13. The summed E-state index contributed by atoms with van der Waals surface area (Å²) in [4.78, 5) is 12.4. The summed E-state index contributed by atoms with van der Waals surface area (Å²) in [5.41, 5.74) is 0.540. The van der Waals surface area contributed by atoms with E-state index < -0.39 is 5.82 Å². The molecule has 20 heavy (non-hydrogen) atoms. The third kappa shape index (κ3) is 2.56. The fraction of sp³-hybridized carbons (Fsp3) is 0.0833. The van der Waals surface area contributed by atoms with Crippen molar-refractivity contribution in [1.29, 1.82) is 0 Å². The minimum absolute atomic E-state index is 0.0634. The van der Waals surface area contributed by atoms with Gasteiger partial charge in [-0.2, -0.15) is 0 Å². The molecule has 0 saturated heterocycles. The molecule has 0 aliphatic carbocycles. The molecule has 0 amide bonds. The van der Waals surface area contributed by atoms with E-state index in [1.54, 1.807) is 6.07 Å². The number of thioether (sulfide) groups is 1. The molecule has 1 aromatic carbocycles. The second-order valence-electron chi connectivity index (χ2n) is 3.69. The minimum atomic E-state index is -0.543. The highest BCUT2D eigenvalue weighted by atomic mass is 35.5. The molecule has 0 aliphatic heterocycles. The summed E-state index contributed by atoms with van der Waals surface area (Å²) in [6.45, 7) is 0. The van der Waals surface area contributed by atoms with Crippen molar-refractivity contribution in [2.45, 2.75) is 4.34 Å². The second kappa shape index (κ2) is 5.51. The topological polar surface area (TPSA) is 47.9 Å². The molecule has 0 radical (unpaired) electrons. The smallest absolute Gasteiger partial charge is 0.242 e. The number of thiazole rings is 1. The minimum Gasteiger partial charge on any atom is -0.434 e. The zero-order chi connectivity index (χ0) is 14.1.